The van der Waals surface area contributed by atoms with Gasteiger partial charge >= 0.3 is 0 Å². The Kier molecular flexibility index (Phi) is 2.32. The van der Waals surface area contributed by atoms with Crippen molar-refractivity contribution in [3.8, 4) is 0 Å². The first-order chi connectivity index (χ1) is 6.29. The molecule has 1 aromatic rings. The number of nitrogens with one attached hydrogen (secondary N) is 1. The van der Waals surface area contributed by atoms with Gasteiger partial charge in [0.05, 0.1) is 0 Å². The van der Waals surface area contributed by atoms with Crippen molar-refractivity contribution in [1.29, 1.82) is 0 Å². The third-order valence-electron chi connectivity index (χ3n) is 2.66. The normalized spacial score (nSPS) is 18.5. The fourth-order valence-electron chi connectivity index (χ4n) is 1.40. The van der Waals surface area contributed by atoms with Crippen molar-refractivity contribution < 1.29 is 0 Å². The fraction of sp³-hybridized carbons (Fsp3) is 0.545. The summed E-state index contributed by atoms with van der Waals surface area (Å²) in [7, 11) is 0. The molecule has 1 saturated carbocycles. The van der Waals surface area contributed by atoms with Crippen molar-refractivity contribution in [3.63, 3.8) is 0 Å². The van der Waals surface area contributed by atoms with Gasteiger partial charge in [0.1, 0.15) is 0 Å². The van der Waals surface area contributed by atoms with E-state index in [-0.39, 0.29) is 0 Å². The highest BCUT2D eigenvalue weighted by Gasteiger charge is 2.35. The van der Waals surface area contributed by atoms with E-state index in [4.69, 9.17) is 0 Å². The Morgan fingerprint density at radius 3 is 2.92 bits per heavy atom. The van der Waals surface area contributed by atoms with Gasteiger partial charge in [-0.25, -0.2) is 0 Å². The van der Waals surface area contributed by atoms with Gasteiger partial charge in [-0.1, -0.05) is 6.07 Å². The quantitative estimate of drug-likeness (QED) is 0.756. The van der Waals surface area contributed by atoms with E-state index in [0.717, 1.165) is 13.0 Å². The van der Waals surface area contributed by atoms with Gasteiger partial charge in [-0.15, -0.1) is 0 Å². The van der Waals surface area contributed by atoms with Crippen LogP contribution in [0.2, 0.25) is 0 Å². The average molecular weight is 176 g/mol. The van der Waals surface area contributed by atoms with Crippen molar-refractivity contribution in [2.75, 3.05) is 6.54 Å². The van der Waals surface area contributed by atoms with Crippen LogP contribution in [0.4, 0.5) is 0 Å². The smallest absolute Gasteiger partial charge is 0.0416 e. The molecule has 0 radical (unpaired) electrons. The fourth-order valence-corrected chi connectivity index (χ4v) is 1.40. The molecule has 1 N–H and O–H groups in total. The Morgan fingerprint density at radius 2 is 2.31 bits per heavy atom. The van der Waals surface area contributed by atoms with Crippen LogP contribution in [0.1, 0.15) is 25.5 Å². The third kappa shape index (κ3) is 2.52. The van der Waals surface area contributed by atoms with Gasteiger partial charge in [-0.2, -0.15) is 0 Å². The van der Waals surface area contributed by atoms with E-state index >= 15 is 0 Å². The van der Waals surface area contributed by atoms with Gasteiger partial charge in [-0.05, 0) is 31.9 Å². The van der Waals surface area contributed by atoms with Crippen LogP contribution in [0.15, 0.2) is 24.4 Å². The minimum absolute atomic E-state index is 0.453. The molecule has 2 nitrogen and oxygen atoms in total. The molecule has 1 aliphatic rings. The minimum Gasteiger partial charge on any atom is -0.311 e. The second kappa shape index (κ2) is 3.46. The summed E-state index contributed by atoms with van der Waals surface area (Å²) in [6.45, 7) is 3.33. The summed E-state index contributed by atoms with van der Waals surface area (Å²) in [5, 5.41) is 3.54. The van der Waals surface area contributed by atoms with Crippen LogP contribution in [0.25, 0.3) is 0 Å². The van der Waals surface area contributed by atoms with Gasteiger partial charge in [-0.3, -0.25) is 4.98 Å². The Labute approximate surface area is 79.4 Å². The van der Waals surface area contributed by atoms with Crippen LogP contribution in [0, 0.1) is 0 Å². The van der Waals surface area contributed by atoms with Crippen molar-refractivity contribution >= 4 is 0 Å². The Hall–Kier alpha value is -0.890. The van der Waals surface area contributed by atoms with Crippen molar-refractivity contribution in [3.05, 3.63) is 30.1 Å². The van der Waals surface area contributed by atoms with Crippen LogP contribution >= 0.6 is 0 Å². The van der Waals surface area contributed by atoms with Gasteiger partial charge in [0.2, 0.25) is 0 Å². The first-order valence-corrected chi connectivity index (χ1v) is 4.93. The molecule has 1 aromatic heterocycles. The summed E-state index contributed by atoms with van der Waals surface area (Å²) >= 11 is 0. The maximum atomic E-state index is 4.28. The van der Waals surface area contributed by atoms with E-state index < -0.39 is 0 Å². The number of rotatable bonds is 4. The molecule has 2 heteroatoms. The van der Waals surface area contributed by atoms with Crippen molar-refractivity contribution in [1.82, 2.24) is 10.3 Å². The monoisotopic (exact) mass is 176 g/mol. The molecule has 0 bridgehead atoms. The first-order valence-electron chi connectivity index (χ1n) is 4.93. The highest BCUT2D eigenvalue weighted by Crippen LogP contribution is 2.33. The van der Waals surface area contributed by atoms with Gasteiger partial charge < -0.3 is 5.32 Å². The lowest BCUT2D eigenvalue weighted by molar-refractivity contribution is 0.539. The Morgan fingerprint density at radius 1 is 1.46 bits per heavy atom. The molecule has 0 saturated heterocycles. The highest BCUT2D eigenvalue weighted by atomic mass is 15.0. The van der Waals surface area contributed by atoms with Crippen LogP contribution in [-0.2, 0) is 6.42 Å². The summed E-state index contributed by atoms with van der Waals surface area (Å²) in [6, 6.07) is 6.08. The summed E-state index contributed by atoms with van der Waals surface area (Å²) in [5.74, 6) is 0. The van der Waals surface area contributed by atoms with Crippen LogP contribution in [-0.4, -0.2) is 17.1 Å². The van der Waals surface area contributed by atoms with Crippen LogP contribution < -0.4 is 5.32 Å². The molecule has 0 aromatic carbocycles. The predicted octanol–water partition coefficient (Wildman–Crippen LogP) is 1.77. The third-order valence-corrected chi connectivity index (χ3v) is 2.66. The summed E-state index contributed by atoms with van der Waals surface area (Å²) < 4.78 is 0. The minimum atomic E-state index is 0.453. The molecule has 2 rings (SSSR count). The number of hydrogen-bond donors (Lipinski definition) is 1. The maximum absolute atomic E-state index is 4.28. The number of nitrogens with zero attached hydrogens (tertiary/aromatic N) is 1. The van der Waals surface area contributed by atoms with E-state index in [1.807, 2.05) is 18.3 Å². The van der Waals surface area contributed by atoms with E-state index in [2.05, 4.69) is 23.3 Å². The molecule has 13 heavy (non-hydrogen) atoms. The number of hydrogen-bond acceptors (Lipinski definition) is 2. The lowest BCUT2D eigenvalue weighted by atomic mass is 10.2. The molecule has 0 amide bonds. The zero-order valence-electron chi connectivity index (χ0n) is 8.09. The lowest BCUT2D eigenvalue weighted by Crippen LogP contribution is -2.29. The SMILES string of the molecule is CC1(NCCc2ccccn2)CC1. The second-order valence-corrected chi connectivity index (χ2v) is 4.06. The lowest BCUT2D eigenvalue weighted by Gasteiger charge is -2.10. The zero-order valence-corrected chi connectivity index (χ0v) is 8.09. The molecule has 1 fully saturated rings. The summed E-state index contributed by atoms with van der Waals surface area (Å²) in [6.07, 6.45) is 5.55. The molecule has 1 aliphatic carbocycles. The molecule has 70 valence electrons. The largest absolute Gasteiger partial charge is 0.311 e. The molecule has 0 unspecified atom stereocenters. The van der Waals surface area contributed by atoms with E-state index in [1.165, 1.54) is 18.5 Å². The maximum Gasteiger partial charge on any atom is 0.0416 e. The summed E-state index contributed by atoms with van der Waals surface area (Å²) in [4.78, 5) is 4.28. The Balaban J connectivity index is 1.74. The Bertz CT molecular complexity index is 265. The number of pyridine rings is 1. The van der Waals surface area contributed by atoms with Crippen LogP contribution in [0.5, 0.6) is 0 Å². The van der Waals surface area contributed by atoms with Crippen LogP contribution in [0.3, 0.4) is 0 Å². The molecule has 1 heterocycles. The topological polar surface area (TPSA) is 24.9 Å². The first kappa shape index (κ1) is 8.70. The van der Waals surface area contributed by atoms with Crippen molar-refractivity contribution in [2.45, 2.75) is 31.7 Å². The molecule has 0 aliphatic heterocycles. The molecular weight excluding hydrogens is 160 g/mol. The van der Waals surface area contributed by atoms with Gasteiger partial charge in [0, 0.05) is 30.4 Å². The molecule has 0 atom stereocenters. The van der Waals surface area contributed by atoms with E-state index in [9.17, 15) is 0 Å². The van der Waals surface area contributed by atoms with E-state index in [0.29, 0.717) is 5.54 Å². The van der Waals surface area contributed by atoms with Crippen molar-refractivity contribution in [2.24, 2.45) is 0 Å². The molecule has 0 spiro atoms. The zero-order chi connectivity index (χ0) is 9.15. The highest BCUT2D eigenvalue weighted by molar-refractivity contribution is 5.05. The van der Waals surface area contributed by atoms with Gasteiger partial charge in [0.15, 0.2) is 0 Å². The summed E-state index contributed by atoms with van der Waals surface area (Å²) in [5.41, 5.74) is 1.63. The molecular formula is C11H16N2. The van der Waals surface area contributed by atoms with E-state index in [1.54, 1.807) is 0 Å². The predicted molar refractivity (Wildman–Crippen MR) is 53.6 cm³/mol. The second-order valence-electron chi connectivity index (χ2n) is 4.06. The average Bonchev–Trinajstić information content (AvgIpc) is 2.86. The standard InChI is InChI=1S/C11H16N2/c1-11(6-7-11)13-9-5-10-4-2-3-8-12-10/h2-4,8,13H,5-7,9H2,1H3. The number of aromatic nitrogens is 1. The van der Waals surface area contributed by atoms with Gasteiger partial charge in [0.25, 0.3) is 0 Å².